The molecule has 0 aliphatic heterocycles. The van der Waals surface area contributed by atoms with E-state index >= 15 is 0 Å². The van der Waals surface area contributed by atoms with Crippen LogP contribution in [0.1, 0.15) is 13.8 Å². The van der Waals surface area contributed by atoms with Crippen LogP contribution in [0.25, 0.3) is 0 Å². The van der Waals surface area contributed by atoms with E-state index < -0.39 is 16.8 Å². The van der Waals surface area contributed by atoms with Crippen LogP contribution in [0, 0.1) is 0 Å². The van der Waals surface area contributed by atoms with Gasteiger partial charge in [-0.25, -0.2) is 0 Å². The normalized spacial score (nSPS) is 13.2. The van der Waals surface area contributed by atoms with Crippen LogP contribution >= 0.6 is 0 Å². The minimum absolute atomic E-state index is 0.985. The van der Waals surface area contributed by atoms with Crippen LogP contribution in [0.15, 0.2) is 0 Å². The Labute approximate surface area is 96.9 Å². The second-order valence-corrected chi connectivity index (χ2v) is 13.5. The van der Waals surface area contributed by atoms with Gasteiger partial charge in [0.1, 0.15) is 0 Å². The van der Waals surface area contributed by atoms with E-state index in [1.54, 1.807) is 0 Å². The molecule has 6 heteroatoms. The van der Waals surface area contributed by atoms with Crippen LogP contribution in [-0.4, -0.2) is 43.1 Å². The monoisotopic (exact) mass is 248 g/mol. The van der Waals surface area contributed by atoms with Crippen LogP contribution in [0.4, 0.5) is 0 Å². The quantitative estimate of drug-likeness (QED) is 0.468. The van der Waals surface area contributed by atoms with Crippen molar-refractivity contribution in [2.75, 3.05) is 26.3 Å². The SMILES string of the molecule is CCN[Si](NC)(NCC)NC[Si](C)(C)C. The molecule has 0 aliphatic rings. The zero-order valence-electron chi connectivity index (χ0n) is 11.1. The van der Waals surface area contributed by atoms with E-state index in [-0.39, 0.29) is 0 Å². The molecule has 0 saturated carbocycles. The summed E-state index contributed by atoms with van der Waals surface area (Å²) in [6.07, 6.45) is 1.14. The van der Waals surface area contributed by atoms with E-state index in [0.717, 1.165) is 19.3 Å². The molecule has 0 heterocycles. The van der Waals surface area contributed by atoms with Crippen molar-refractivity contribution in [3.8, 4) is 0 Å². The molecule has 0 amide bonds. The minimum Gasteiger partial charge on any atom is -0.303 e. The molecule has 0 fully saturated rings. The maximum absolute atomic E-state index is 3.69. The third-order valence-corrected chi connectivity index (χ3v) is 6.96. The number of nitrogens with one attached hydrogen (secondary N) is 4. The molecule has 4 nitrogen and oxygen atoms in total. The Hall–Kier alpha value is 0.274. The van der Waals surface area contributed by atoms with E-state index in [4.69, 9.17) is 0 Å². The summed E-state index contributed by atoms with van der Waals surface area (Å²) in [7, 11) is -0.860. The minimum atomic E-state index is -1.84. The summed E-state index contributed by atoms with van der Waals surface area (Å²) in [5, 5.41) is 0. The molecular weight excluding hydrogens is 220 g/mol. The number of rotatable bonds is 8. The van der Waals surface area contributed by atoms with Gasteiger partial charge in [-0.05, 0) is 26.3 Å². The molecule has 0 aromatic rings. The fourth-order valence-corrected chi connectivity index (χ4v) is 6.53. The Kier molecular flexibility index (Phi) is 6.89. The van der Waals surface area contributed by atoms with Crippen LogP contribution in [0.5, 0.6) is 0 Å². The van der Waals surface area contributed by atoms with Gasteiger partial charge in [0, 0.05) is 0 Å². The topological polar surface area (TPSA) is 48.1 Å². The van der Waals surface area contributed by atoms with Crippen molar-refractivity contribution in [3.63, 3.8) is 0 Å². The predicted molar refractivity (Wildman–Crippen MR) is 73.5 cm³/mol. The second-order valence-electron chi connectivity index (χ2n) is 4.97. The maximum Gasteiger partial charge on any atom is 0.365 e. The Bertz CT molecular complexity index is 164. The van der Waals surface area contributed by atoms with Crippen molar-refractivity contribution in [2.24, 2.45) is 0 Å². The van der Waals surface area contributed by atoms with Crippen LogP contribution in [0.3, 0.4) is 0 Å². The average Bonchev–Trinajstić information content (AvgIpc) is 2.14. The van der Waals surface area contributed by atoms with E-state index in [1.165, 1.54) is 0 Å². The van der Waals surface area contributed by atoms with Gasteiger partial charge in [-0.1, -0.05) is 33.5 Å². The molecule has 0 saturated heterocycles. The first kappa shape index (κ1) is 15.3. The molecule has 0 spiro atoms. The van der Waals surface area contributed by atoms with Gasteiger partial charge < -0.3 is 19.9 Å². The zero-order valence-corrected chi connectivity index (χ0v) is 13.1. The summed E-state index contributed by atoms with van der Waals surface area (Å²) in [5.74, 6) is 0. The Balaban J connectivity index is 4.33. The van der Waals surface area contributed by atoms with Crippen molar-refractivity contribution >= 4 is 16.8 Å². The third kappa shape index (κ3) is 6.44. The Morgan fingerprint density at radius 1 is 0.867 bits per heavy atom. The first-order chi connectivity index (χ1) is 6.89. The lowest BCUT2D eigenvalue weighted by molar-refractivity contribution is 0.749. The van der Waals surface area contributed by atoms with Gasteiger partial charge in [-0.3, -0.25) is 0 Å². The largest absolute Gasteiger partial charge is 0.365 e. The van der Waals surface area contributed by atoms with Crippen molar-refractivity contribution in [2.45, 2.75) is 33.5 Å². The second kappa shape index (κ2) is 6.77. The Morgan fingerprint density at radius 3 is 1.60 bits per heavy atom. The number of hydrogen-bond donors (Lipinski definition) is 4. The molecule has 0 atom stereocenters. The maximum atomic E-state index is 3.69. The van der Waals surface area contributed by atoms with Crippen molar-refractivity contribution in [1.82, 2.24) is 19.9 Å². The van der Waals surface area contributed by atoms with Gasteiger partial charge >= 0.3 is 8.72 Å². The van der Waals surface area contributed by atoms with Gasteiger partial charge in [-0.2, -0.15) is 0 Å². The van der Waals surface area contributed by atoms with Crippen LogP contribution < -0.4 is 19.9 Å². The summed E-state index contributed by atoms with van der Waals surface area (Å²) >= 11 is 0. The van der Waals surface area contributed by atoms with Crippen molar-refractivity contribution < 1.29 is 0 Å². The summed E-state index contributed by atoms with van der Waals surface area (Å²) in [6.45, 7) is 13.4. The molecule has 0 aromatic heterocycles. The third-order valence-electron chi connectivity index (χ3n) is 2.14. The Morgan fingerprint density at radius 2 is 1.33 bits per heavy atom. The first-order valence-corrected chi connectivity index (χ1v) is 11.5. The molecular formula is C9H28N4Si2. The predicted octanol–water partition coefficient (Wildman–Crippen LogP) is 0.327. The highest BCUT2D eigenvalue weighted by Gasteiger charge is 2.32. The van der Waals surface area contributed by atoms with Crippen molar-refractivity contribution in [3.05, 3.63) is 0 Å². The lowest BCUT2D eigenvalue weighted by Gasteiger charge is -2.34. The molecule has 0 bridgehead atoms. The summed E-state index contributed by atoms with van der Waals surface area (Å²) in [4.78, 5) is 14.2. The lowest BCUT2D eigenvalue weighted by atomic mass is 10.8. The van der Waals surface area contributed by atoms with Gasteiger partial charge in [0.15, 0.2) is 0 Å². The van der Waals surface area contributed by atoms with Crippen LogP contribution in [0.2, 0.25) is 19.6 Å². The van der Waals surface area contributed by atoms with E-state index in [2.05, 4.69) is 53.4 Å². The van der Waals surface area contributed by atoms with E-state index in [9.17, 15) is 0 Å². The fraction of sp³-hybridized carbons (Fsp3) is 1.00. The summed E-state index contributed by atoms with van der Waals surface area (Å²) < 4.78 is 0. The van der Waals surface area contributed by atoms with Gasteiger partial charge in [0.2, 0.25) is 0 Å². The standard InChI is InChI=1S/C9H28N4Si2/c1-7-11-15(10-3,12-8-2)13-9-14(4,5)6/h10-13H,7-9H2,1-6H3. The molecule has 0 aromatic carbocycles. The molecule has 0 rings (SSSR count). The van der Waals surface area contributed by atoms with Crippen LogP contribution in [-0.2, 0) is 0 Å². The molecule has 15 heavy (non-hydrogen) atoms. The van der Waals surface area contributed by atoms with E-state index in [1.807, 2.05) is 7.05 Å². The van der Waals surface area contributed by atoms with Gasteiger partial charge in [-0.15, -0.1) is 0 Å². The van der Waals surface area contributed by atoms with Gasteiger partial charge in [0.05, 0.1) is 8.07 Å². The average molecular weight is 249 g/mol. The molecule has 0 unspecified atom stereocenters. The summed E-state index contributed by atoms with van der Waals surface area (Å²) in [6, 6.07) is 0. The zero-order chi connectivity index (χ0) is 11.9. The summed E-state index contributed by atoms with van der Waals surface area (Å²) in [5.41, 5.74) is 0. The molecule has 92 valence electrons. The smallest absolute Gasteiger partial charge is 0.303 e. The lowest BCUT2D eigenvalue weighted by Crippen LogP contribution is -2.81. The van der Waals surface area contributed by atoms with Crippen molar-refractivity contribution in [1.29, 1.82) is 0 Å². The molecule has 0 aliphatic carbocycles. The molecule has 4 N–H and O–H groups in total. The van der Waals surface area contributed by atoms with Gasteiger partial charge in [0.25, 0.3) is 0 Å². The first-order valence-electron chi connectivity index (χ1n) is 5.83. The highest BCUT2D eigenvalue weighted by molar-refractivity contribution is 6.78. The number of hydrogen-bond acceptors (Lipinski definition) is 4. The highest BCUT2D eigenvalue weighted by atomic mass is 28.4. The molecule has 0 radical (unpaired) electrons. The van der Waals surface area contributed by atoms with E-state index in [0.29, 0.717) is 0 Å². The highest BCUT2D eigenvalue weighted by Crippen LogP contribution is 1.98. The fourth-order valence-electron chi connectivity index (χ4n) is 1.38.